The van der Waals surface area contributed by atoms with E-state index < -0.39 is 11.9 Å². The number of aliphatic hydroxyl groups excluding tert-OH is 1. The van der Waals surface area contributed by atoms with Gasteiger partial charge >= 0.3 is 6.03 Å². The fourth-order valence-corrected chi connectivity index (χ4v) is 2.74. The first-order valence-corrected chi connectivity index (χ1v) is 9.50. The van der Waals surface area contributed by atoms with E-state index in [1.807, 2.05) is 0 Å². The van der Waals surface area contributed by atoms with Crippen molar-refractivity contribution in [2.45, 2.75) is 6.92 Å². The Hall–Kier alpha value is -2.90. The zero-order chi connectivity index (χ0) is 20.9. The second kappa shape index (κ2) is 12.5. The number of carbonyl (C=O) groups excluding carboxylic acids is 2. The van der Waals surface area contributed by atoms with Crippen LogP contribution >= 0.6 is 11.8 Å². The number of ether oxygens (including phenoxy) is 2. The number of imide groups is 1. The van der Waals surface area contributed by atoms with E-state index in [-0.39, 0.29) is 17.9 Å². The van der Waals surface area contributed by atoms with Gasteiger partial charge in [0.05, 0.1) is 20.8 Å². The first-order chi connectivity index (χ1) is 13.5. The molecule has 10 heteroatoms. The molecule has 4 N–H and O–H groups in total. The van der Waals surface area contributed by atoms with Crippen molar-refractivity contribution in [3.63, 3.8) is 0 Å². The molecule has 1 rings (SSSR count). The third-order valence-electron chi connectivity index (χ3n) is 3.48. The topological polar surface area (TPSA) is 133 Å². The summed E-state index contributed by atoms with van der Waals surface area (Å²) < 4.78 is 10.4. The number of aliphatic hydroxyl groups is 1. The molecule has 0 saturated carbocycles. The molecule has 152 valence electrons. The Balaban J connectivity index is 2.76. The number of anilines is 1. The van der Waals surface area contributed by atoms with E-state index >= 15 is 0 Å². The monoisotopic (exact) mass is 408 g/mol. The molecule has 0 spiro atoms. The van der Waals surface area contributed by atoms with Crippen molar-refractivity contribution in [3.05, 3.63) is 29.5 Å². The van der Waals surface area contributed by atoms with Gasteiger partial charge in [-0.25, -0.2) is 4.79 Å². The molecule has 0 aliphatic heterocycles. The van der Waals surface area contributed by atoms with Crippen LogP contribution in [0.3, 0.4) is 0 Å². The summed E-state index contributed by atoms with van der Waals surface area (Å²) in [6.45, 7) is 2.19. The number of benzene rings is 1. The quantitative estimate of drug-likeness (QED) is 0.260. The molecule has 0 aromatic heterocycles. The lowest BCUT2D eigenvalue weighted by molar-refractivity contribution is -0.116. The third kappa shape index (κ3) is 7.02. The maximum absolute atomic E-state index is 12.3. The number of hydrogen-bond acceptors (Lipinski definition) is 8. The first-order valence-electron chi connectivity index (χ1n) is 8.35. The molecule has 9 nitrogen and oxygen atoms in total. The average Bonchev–Trinajstić information content (AvgIpc) is 2.68. The maximum atomic E-state index is 12.3. The number of rotatable bonds is 10. The van der Waals surface area contributed by atoms with Crippen molar-refractivity contribution < 1.29 is 24.2 Å². The molecule has 0 aliphatic rings. The lowest BCUT2D eigenvalue weighted by Crippen LogP contribution is -2.36. The molecule has 0 heterocycles. The highest BCUT2D eigenvalue weighted by molar-refractivity contribution is 7.99. The number of amides is 3. The van der Waals surface area contributed by atoms with Crippen LogP contribution in [-0.2, 0) is 4.79 Å². The van der Waals surface area contributed by atoms with Crippen LogP contribution in [0.1, 0.15) is 6.92 Å². The molecule has 0 bridgehead atoms. The van der Waals surface area contributed by atoms with Crippen LogP contribution in [0.2, 0.25) is 0 Å². The number of thioether (sulfide) groups is 1. The van der Waals surface area contributed by atoms with Crippen molar-refractivity contribution in [3.8, 4) is 17.6 Å². The lowest BCUT2D eigenvalue weighted by atomic mass is 10.2. The first kappa shape index (κ1) is 23.1. The predicted molar refractivity (Wildman–Crippen MR) is 107 cm³/mol. The number of nitrogens with zero attached hydrogens (tertiary/aromatic N) is 1. The van der Waals surface area contributed by atoms with Crippen molar-refractivity contribution >= 4 is 29.4 Å². The lowest BCUT2D eigenvalue weighted by Gasteiger charge is -2.14. The van der Waals surface area contributed by atoms with Gasteiger partial charge < -0.3 is 25.2 Å². The van der Waals surface area contributed by atoms with Gasteiger partial charge in [-0.2, -0.15) is 17.0 Å². The van der Waals surface area contributed by atoms with Crippen molar-refractivity contribution in [2.75, 3.05) is 44.2 Å². The van der Waals surface area contributed by atoms with Gasteiger partial charge in [-0.05, 0) is 19.1 Å². The highest BCUT2D eigenvalue weighted by Gasteiger charge is 2.18. The van der Waals surface area contributed by atoms with E-state index in [0.717, 1.165) is 0 Å². The van der Waals surface area contributed by atoms with E-state index in [4.69, 9.17) is 14.6 Å². The fraction of sp³-hybridized carbons (Fsp3) is 0.389. The van der Waals surface area contributed by atoms with Crippen molar-refractivity contribution in [1.82, 2.24) is 10.6 Å². The Kier molecular flexibility index (Phi) is 10.3. The summed E-state index contributed by atoms with van der Waals surface area (Å²) in [5.41, 5.74) is 0.414. The van der Waals surface area contributed by atoms with Gasteiger partial charge in [-0.3, -0.25) is 10.1 Å². The third-order valence-corrected chi connectivity index (χ3v) is 4.44. The summed E-state index contributed by atoms with van der Waals surface area (Å²) in [6.07, 6.45) is 0. The van der Waals surface area contributed by atoms with Gasteiger partial charge in [0.2, 0.25) is 0 Å². The second-order valence-electron chi connectivity index (χ2n) is 5.32. The largest absolute Gasteiger partial charge is 0.494 e. The van der Waals surface area contributed by atoms with E-state index in [0.29, 0.717) is 35.2 Å². The smallest absolute Gasteiger partial charge is 0.326 e. The van der Waals surface area contributed by atoms with Crippen molar-refractivity contribution in [1.29, 1.82) is 5.26 Å². The summed E-state index contributed by atoms with van der Waals surface area (Å²) in [6, 6.07) is 5.92. The molecule has 28 heavy (non-hydrogen) atoms. The van der Waals surface area contributed by atoms with Crippen LogP contribution in [0.4, 0.5) is 10.5 Å². The SMILES string of the molecule is COc1cccc(OC)c1NC(=O)NC(=O)/C(C#N)=C(/C)NCCSCCO. The van der Waals surface area contributed by atoms with Crippen LogP contribution in [0.5, 0.6) is 11.5 Å². The van der Waals surface area contributed by atoms with Crippen LogP contribution < -0.4 is 25.4 Å². The number of allylic oxidation sites excluding steroid dienone is 1. The molecule has 0 atom stereocenters. The Labute approximate surface area is 168 Å². The van der Waals surface area contributed by atoms with E-state index in [2.05, 4.69) is 16.0 Å². The second-order valence-corrected chi connectivity index (χ2v) is 6.55. The minimum atomic E-state index is -0.832. The van der Waals surface area contributed by atoms with E-state index in [9.17, 15) is 14.9 Å². The highest BCUT2D eigenvalue weighted by atomic mass is 32.2. The van der Waals surface area contributed by atoms with Gasteiger partial charge in [0, 0.05) is 23.7 Å². The summed E-state index contributed by atoms with van der Waals surface area (Å²) in [5, 5.41) is 25.6. The fourth-order valence-electron chi connectivity index (χ4n) is 2.16. The molecule has 3 amide bonds. The zero-order valence-electron chi connectivity index (χ0n) is 16.0. The number of para-hydroxylation sites is 1. The van der Waals surface area contributed by atoms with Gasteiger partial charge in [0.1, 0.15) is 28.8 Å². The molecule has 1 aromatic rings. The zero-order valence-corrected chi connectivity index (χ0v) is 16.8. The molecule has 0 saturated heterocycles. The van der Waals surface area contributed by atoms with E-state index in [1.54, 1.807) is 31.2 Å². The number of carbonyl (C=O) groups is 2. The van der Waals surface area contributed by atoms with E-state index in [1.165, 1.54) is 26.0 Å². The minimum Gasteiger partial charge on any atom is -0.494 e. The molecule has 0 radical (unpaired) electrons. The summed E-state index contributed by atoms with van der Waals surface area (Å²) in [4.78, 5) is 24.5. The van der Waals surface area contributed by atoms with Crippen LogP contribution in [0.15, 0.2) is 29.5 Å². The number of nitrogens with one attached hydrogen (secondary N) is 3. The van der Waals surface area contributed by atoms with Gasteiger partial charge in [-0.15, -0.1) is 0 Å². The molecule has 0 fully saturated rings. The molecule has 0 unspecified atom stereocenters. The van der Waals surface area contributed by atoms with Gasteiger partial charge in [0.15, 0.2) is 0 Å². The Morgan fingerprint density at radius 3 is 2.39 bits per heavy atom. The summed E-state index contributed by atoms with van der Waals surface area (Å²) in [5.74, 6) is 1.20. The number of methoxy groups -OCH3 is 2. The van der Waals surface area contributed by atoms with Crippen LogP contribution in [-0.4, -0.2) is 55.9 Å². The van der Waals surface area contributed by atoms with Gasteiger partial charge in [-0.1, -0.05) is 6.07 Å². The molecular formula is C18H24N4O5S. The Bertz CT molecular complexity index is 739. The molecule has 1 aromatic carbocycles. The average molecular weight is 408 g/mol. The van der Waals surface area contributed by atoms with Crippen molar-refractivity contribution in [2.24, 2.45) is 0 Å². The molecular weight excluding hydrogens is 384 g/mol. The number of urea groups is 1. The summed E-state index contributed by atoms with van der Waals surface area (Å²) >= 11 is 1.54. The highest BCUT2D eigenvalue weighted by Crippen LogP contribution is 2.33. The predicted octanol–water partition coefficient (Wildman–Crippen LogP) is 1.46. The number of hydrogen-bond donors (Lipinski definition) is 4. The summed E-state index contributed by atoms with van der Waals surface area (Å²) in [7, 11) is 2.88. The minimum absolute atomic E-state index is 0.0947. The maximum Gasteiger partial charge on any atom is 0.326 e. The van der Waals surface area contributed by atoms with Crippen LogP contribution in [0.25, 0.3) is 0 Å². The van der Waals surface area contributed by atoms with Gasteiger partial charge in [0.25, 0.3) is 5.91 Å². The molecule has 0 aliphatic carbocycles. The van der Waals surface area contributed by atoms with Crippen LogP contribution in [0, 0.1) is 11.3 Å². The Morgan fingerprint density at radius 1 is 1.21 bits per heavy atom. The standard InChI is InChI=1S/C18H24N4O5S/c1-12(20-7-9-28-10-8-23)13(11-19)17(24)22-18(25)21-16-14(26-2)5-4-6-15(16)27-3/h4-6,20,23H,7-10H2,1-3H3,(H2,21,22,24,25)/b13-12-. The number of nitriles is 1. The normalized spacial score (nSPS) is 11.0. The Morgan fingerprint density at radius 2 is 1.86 bits per heavy atom.